The largest absolute Gasteiger partial charge is 0.325 e. The molecule has 33 heavy (non-hydrogen) atoms. The molecular weight excluding hydrogens is 444 g/mol. The molecule has 3 rings (SSSR count). The summed E-state index contributed by atoms with van der Waals surface area (Å²) in [6, 6.07) is 14.1. The van der Waals surface area contributed by atoms with E-state index < -0.39 is 27.9 Å². The highest BCUT2D eigenvalue weighted by Gasteiger charge is 2.42. The third-order valence-electron chi connectivity index (χ3n) is 5.85. The molecule has 0 aliphatic carbocycles. The van der Waals surface area contributed by atoms with Gasteiger partial charge < -0.3 is 5.32 Å². The summed E-state index contributed by atoms with van der Waals surface area (Å²) >= 11 is 0. The van der Waals surface area contributed by atoms with Gasteiger partial charge in [-0.1, -0.05) is 19.1 Å². The molecule has 0 aromatic heterocycles. The molecule has 9 nitrogen and oxygen atoms in total. The Morgan fingerprint density at radius 2 is 1.79 bits per heavy atom. The van der Waals surface area contributed by atoms with Gasteiger partial charge in [0.25, 0.3) is 0 Å². The van der Waals surface area contributed by atoms with Gasteiger partial charge in [0.1, 0.15) is 0 Å². The number of likely N-dealkylation sites (N-methyl/N-ethyl adjacent to an activating group) is 1. The van der Waals surface area contributed by atoms with Crippen molar-refractivity contribution in [1.82, 2.24) is 9.62 Å². The highest BCUT2D eigenvalue weighted by Crippen LogP contribution is 2.36. The van der Waals surface area contributed by atoms with Crippen molar-refractivity contribution in [3.05, 3.63) is 59.7 Å². The van der Waals surface area contributed by atoms with Gasteiger partial charge in [0.2, 0.25) is 27.7 Å². The quantitative estimate of drug-likeness (QED) is 0.596. The first-order valence-electron chi connectivity index (χ1n) is 10.3. The molecule has 0 saturated carbocycles. The highest BCUT2D eigenvalue weighted by molar-refractivity contribution is 7.89. The van der Waals surface area contributed by atoms with Gasteiger partial charge in [-0.15, -0.1) is 0 Å². The topological polar surface area (TPSA) is 136 Å². The lowest BCUT2D eigenvalue weighted by Gasteiger charge is -2.35. The Bertz CT molecular complexity index is 1220. The summed E-state index contributed by atoms with van der Waals surface area (Å²) in [7, 11) is -2.61. The maximum atomic E-state index is 12.7. The van der Waals surface area contributed by atoms with Crippen LogP contribution in [0.25, 0.3) is 0 Å². The minimum absolute atomic E-state index is 0.0183. The normalized spacial score (nSPS) is 18.5. The zero-order valence-electron chi connectivity index (χ0n) is 18.3. The van der Waals surface area contributed by atoms with Crippen molar-refractivity contribution in [3.8, 4) is 6.07 Å². The monoisotopic (exact) mass is 468 g/mol. The van der Waals surface area contributed by atoms with Gasteiger partial charge in [0, 0.05) is 19.2 Å². The van der Waals surface area contributed by atoms with E-state index in [0.29, 0.717) is 24.1 Å². The number of carbonyl (C=O) groups excluding carboxylic acids is 3. The molecule has 1 aliphatic heterocycles. The smallest absolute Gasteiger partial charge is 0.243 e. The van der Waals surface area contributed by atoms with Crippen LogP contribution in [0.15, 0.2) is 53.4 Å². The van der Waals surface area contributed by atoms with Gasteiger partial charge >= 0.3 is 0 Å². The number of hydrogen-bond acceptors (Lipinski definition) is 6. The van der Waals surface area contributed by atoms with Crippen LogP contribution in [0.3, 0.4) is 0 Å². The highest BCUT2D eigenvalue weighted by atomic mass is 32.2. The zero-order chi connectivity index (χ0) is 24.2. The molecule has 10 heteroatoms. The lowest BCUT2D eigenvalue weighted by atomic mass is 9.72. The number of imide groups is 1. The summed E-state index contributed by atoms with van der Waals surface area (Å²) in [5.74, 6) is -1.14. The van der Waals surface area contributed by atoms with E-state index in [4.69, 9.17) is 5.26 Å². The fraction of sp³-hybridized carbons (Fsp3) is 0.304. The molecule has 0 bridgehead atoms. The Morgan fingerprint density at radius 1 is 1.15 bits per heavy atom. The van der Waals surface area contributed by atoms with Crippen LogP contribution in [-0.2, 0) is 29.8 Å². The third kappa shape index (κ3) is 4.94. The van der Waals surface area contributed by atoms with Crippen molar-refractivity contribution in [1.29, 1.82) is 5.26 Å². The SMILES string of the molecule is CCC1(c2ccc(NC(=O)CN(C)S(=O)(=O)c3ccc(C#N)cc3)cc2)CCC(=O)NC1=O. The summed E-state index contributed by atoms with van der Waals surface area (Å²) in [4.78, 5) is 36.4. The maximum absolute atomic E-state index is 12.7. The molecule has 1 saturated heterocycles. The van der Waals surface area contributed by atoms with E-state index in [1.807, 2.05) is 13.0 Å². The number of sulfonamides is 1. The number of piperidine rings is 1. The van der Waals surface area contributed by atoms with Crippen LogP contribution in [0.1, 0.15) is 37.3 Å². The van der Waals surface area contributed by atoms with Crippen molar-refractivity contribution in [2.75, 3.05) is 18.9 Å². The number of amides is 3. The molecule has 172 valence electrons. The first-order valence-corrected chi connectivity index (χ1v) is 11.8. The number of rotatable bonds is 7. The number of benzene rings is 2. The van der Waals surface area contributed by atoms with Crippen molar-refractivity contribution in [2.45, 2.75) is 36.5 Å². The molecule has 0 radical (unpaired) electrons. The predicted molar refractivity (Wildman–Crippen MR) is 120 cm³/mol. The third-order valence-corrected chi connectivity index (χ3v) is 7.67. The molecule has 1 aliphatic rings. The molecule has 2 aromatic carbocycles. The molecule has 0 spiro atoms. The van der Waals surface area contributed by atoms with Gasteiger partial charge in [-0.05, 0) is 54.8 Å². The van der Waals surface area contributed by atoms with Gasteiger partial charge in [0.05, 0.1) is 28.5 Å². The molecule has 1 unspecified atom stereocenters. The van der Waals surface area contributed by atoms with Crippen molar-refractivity contribution >= 4 is 33.4 Å². The zero-order valence-corrected chi connectivity index (χ0v) is 19.1. The van der Waals surface area contributed by atoms with Crippen molar-refractivity contribution < 1.29 is 22.8 Å². The van der Waals surface area contributed by atoms with E-state index in [9.17, 15) is 22.8 Å². The van der Waals surface area contributed by atoms with Gasteiger partial charge in [-0.2, -0.15) is 9.57 Å². The number of hydrogen-bond donors (Lipinski definition) is 2. The summed E-state index contributed by atoms with van der Waals surface area (Å²) in [6.07, 6.45) is 1.20. The Kier molecular flexibility index (Phi) is 6.95. The second-order valence-electron chi connectivity index (χ2n) is 7.84. The first kappa shape index (κ1) is 24.1. The number of nitrogens with one attached hydrogen (secondary N) is 2. The number of carbonyl (C=O) groups is 3. The van der Waals surface area contributed by atoms with Crippen LogP contribution in [0.2, 0.25) is 0 Å². The molecule has 1 atom stereocenters. The minimum atomic E-state index is -3.90. The average Bonchev–Trinajstić information content (AvgIpc) is 2.80. The van der Waals surface area contributed by atoms with E-state index in [2.05, 4.69) is 10.6 Å². The molecule has 3 amide bonds. The Hall–Kier alpha value is -3.55. The lowest BCUT2D eigenvalue weighted by Crippen LogP contribution is -2.51. The summed E-state index contributed by atoms with van der Waals surface area (Å²) in [6.45, 7) is 1.47. The van der Waals surface area contributed by atoms with Crippen LogP contribution in [0.5, 0.6) is 0 Å². The second kappa shape index (κ2) is 9.52. The standard InChI is InChI=1S/C23H24N4O5S/c1-3-23(13-12-20(28)26-22(23)30)17-6-8-18(9-7-17)25-21(29)15-27(2)33(31,32)19-10-4-16(14-24)5-11-19/h4-11H,3,12-13,15H2,1-2H3,(H,25,29)(H,26,28,30). The Morgan fingerprint density at radius 3 is 2.33 bits per heavy atom. The fourth-order valence-electron chi connectivity index (χ4n) is 3.81. The van der Waals surface area contributed by atoms with Crippen molar-refractivity contribution in [3.63, 3.8) is 0 Å². The fourth-order valence-corrected chi connectivity index (χ4v) is 4.93. The van der Waals surface area contributed by atoms with E-state index in [-0.39, 0.29) is 23.1 Å². The van der Waals surface area contributed by atoms with E-state index in [1.165, 1.54) is 31.3 Å². The lowest BCUT2D eigenvalue weighted by molar-refractivity contribution is -0.138. The van der Waals surface area contributed by atoms with Crippen LogP contribution in [0, 0.1) is 11.3 Å². The van der Waals surface area contributed by atoms with E-state index in [1.54, 1.807) is 24.3 Å². The average molecular weight is 469 g/mol. The molecule has 2 aromatic rings. The van der Waals surface area contributed by atoms with E-state index >= 15 is 0 Å². The minimum Gasteiger partial charge on any atom is -0.325 e. The number of nitrogens with zero attached hydrogens (tertiary/aromatic N) is 2. The summed E-state index contributed by atoms with van der Waals surface area (Å²) < 4.78 is 26.3. The van der Waals surface area contributed by atoms with Crippen LogP contribution < -0.4 is 10.6 Å². The summed E-state index contributed by atoms with van der Waals surface area (Å²) in [5.41, 5.74) is 0.728. The summed E-state index contributed by atoms with van der Waals surface area (Å²) in [5, 5.41) is 13.9. The number of anilines is 1. The van der Waals surface area contributed by atoms with Crippen LogP contribution in [0.4, 0.5) is 5.69 Å². The van der Waals surface area contributed by atoms with Gasteiger partial charge in [0.15, 0.2) is 0 Å². The Labute approximate surface area is 192 Å². The van der Waals surface area contributed by atoms with Crippen LogP contribution >= 0.6 is 0 Å². The first-order chi connectivity index (χ1) is 15.6. The molecule has 2 N–H and O–H groups in total. The Balaban J connectivity index is 1.67. The maximum Gasteiger partial charge on any atom is 0.243 e. The van der Waals surface area contributed by atoms with Gasteiger partial charge in [-0.3, -0.25) is 19.7 Å². The number of nitriles is 1. The predicted octanol–water partition coefficient (Wildman–Crippen LogP) is 1.90. The van der Waals surface area contributed by atoms with Crippen LogP contribution in [-0.4, -0.2) is 44.0 Å². The molecular formula is C23H24N4O5S. The molecule has 1 fully saturated rings. The second-order valence-corrected chi connectivity index (χ2v) is 9.88. The van der Waals surface area contributed by atoms with Crippen molar-refractivity contribution in [2.24, 2.45) is 0 Å². The van der Waals surface area contributed by atoms with Gasteiger partial charge in [-0.25, -0.2) is 8.42 Å². The molecule has 1 heterocycles. The van der Waals surface area contributed by atoms with E-state index in [0.717, 1.165) is 9.87 Å².